The van der Waals surface area contributed by atoms with Gasteiger partial charge in [-0.3, -0.25) is 0 Å². The third-order valence-corrected chi connectivity index (χ3v) is 4.55. The molecule has 1 N–H and O–H groups in total. The van der Waals surface area contributed by atoms with Crippen LogP contribution in [0.25, 0.3) is 0 Å². The van der Waals surface area contributed by atoms with Crippen LogP contribution in [0, 0.1) is 11.3 Å². The minimum absolute atomic E-state index is 0.0959. The summed E-state index contributed by atoms with van der Waals surface area (Å²) < 4.78 is 27.1. The first-order valence-electron chi connectivity index (χ1n) is 6.50. The summed E-state index contributed by atoms with van der Waals surface area (Å²) in [5.41, 5.74) is 1.91. The monoisotopic (exact) mass is 301 g/mol. The minimum Gasteiger partial charge on any atom is -0.244 e. The quantitative estimate of drug-likeness (QED) is 0.915. The number of nitriles is 1. The molecular formula is C15H15N3O2S. The second kappa shape index (κ2) is 6.48. The number of rotatable bonds is 5. The number of benzene rings is 1. The Morgan fingerprint density at radius 2 is 1.90 bits per heavy atom. The Labute approximate surface area is 124 Å². The van der Waals surface area contributed by atoms with Crippen molar-refractivity contribution in [2.24, 2.45) is 0 Å². The average molecular weight is 301 g/mol. The van der Waals surface area contributed by atoms with E-state index < -0.39 is 10.0 Å². The van der Waals surface area contributed by atoms with E-state index in [-0.39, 0.29) is 17.1 Å². The molecule has 0 fully saturated rings. The van der Waals surface area contributed by atoms with Crippen molar-refractivity contribution in [1.82, 2.24) is 9.71 Å². The Morgan fingerprint density at radius 1 is 1.19 bits per heavy atom. The number of sulfonamides is 1. The van der Waals surface area contributed by atoms with E-state index in [2.05, 4.69) is 9.71 Å². The molecule has 0 amide bonds. The van der Waals surface area contributed by atoms with Gasteiger partial charge in [0.25, 0.3) is 0 Å². The van der Waals surface area contributed by atoms with Crippen LogP contribution in [-0.2, 0) is 23.0 Å². The third kappa shape index (κ3) is 3.45. The lowest BCUT2D eigenvalue weighted by Gasteiger charge is -2.10. The van der Waals surface area contributed by atoms with E-state index in [1.807, 2.05) is 31.2 Å². The van der Waals surface area contributed by atoms with E-state index >= 15 is 0 Å². The van der Waals surface area contributed by atoms with Gasteiger partial charge in [0.15, 0.2) is 5.69 Å². The van der Waals surface area contributed by atoms with Gasteiger partial charge >= 0.3 is 0 Å². The van der Waals surface area contributed by atoms with Gasteiger partial charge in [-0.25, -0.2) is 18.1 Å². The fourth-order valence-corrected chi connectivity index (χ4v) is 3.13. The lowest BCUT2D eigenvalue weighted by Crippen LogP contribution is -2.24. The topological polar surface area (TPSA) is 82.8 Å². The predicted octanol–water partition coefficient (Wildman–Crippen LogP) is 1.99. The molecule has 21 heavy (non-hydrogen) atoms. The zero-order valence-electron chi connectivity index (χ0n) is 11.6. The summed E-state index contributed by atoms with van der Waals surface area (Å²) in [6.45, 7) is 2.20. The van der Waals surface area contributed by atoms with Crippen LogP contribution in [0.2, 0.25) is 0 Å². The van der Waals surface area contributed by atoms with E-state index in [9.17, 15) is 8.42 Å². The van der Waals surface area contributed by atoms with Gasteiger partial charge in [0.1, 0.15) is 11.0 Å². The Kier molecular flexibility index (Phi) is 4.68. The number of nitrogens with zero attached hydrogens (tertiary/aromatic N) is 2. The number of aryl methyl sites for hydroxylation is 1. The van der Waals surface area contributed by atoms with Crippen LogP contribution in [0.15, 0.2) is 47.5 Å². The van der Waals surface area contributed by atoms with Crippen LogP contribution in [0.5, 0.6) is 0 Å². The summed E-state index contributed by atoms with van der Waals surface area (Å²) >= 11 is 0. The highest BCUT2D eigenvalue weighted by atomic mass is 32.2. The van der Waals surface area contributed by atoms with Gasteiger partial charge in [-0.1, -0.05) is 31.2 Å². The van der Waals surface area contributed by atoms with Crippen LogP contribution < -0.4 is 4.72 Å². The second-order valence-corrected chi connectivity index (χ2v) is 6.14. The Balaban J connectivity index is 2.25. The van der Waals surface area contributed by atoms with Crippen molar-refractivity contribution in [2.45, 2.75) is 24.8 Å². The molecule has 1 aromatic heterocycles. The molecule has 5 nitrogen and oxygen atoms in total. The highest BCUT2D eigenvalue weighted by Crippen LogP contribution is 2.14. The third-order valence-electron chi connectivity index (χ3n) is 3.12. The predicted molar refractivity (Wildman–Crippen MR) is 78.8 cm³/mol. The molecule has 0 saturated carbocycles. The van der Waals surface area contributed by atoms with Crippen molar-refractivity contribution < 1.29 is 8.42 Å². The molecule has 1 aromatic carbocycles. The first-order chi connectivity index (χ1) is 10.1. The zero-order chi connectivity index (χ0) is 15.3. The van der Waals surface area contributed by atoms with Crippen LogP contribution in [0.4, 0.5) is 0 Å². The Morgan fingerprint density at radius 3 is 2.57 bits per heavy atom. The number of pyridine rings is 1. The van der Waals surface area contributed by atoms with Crippen LogP contribution in [-0.4, -0.2) is 13.4 Å². The van der Waals surface area contributed by atoms with Gasteiger partial charge in [-0.15, -0.1) is 0 Å². The van der Waals surface area contributed by atoms with Gasteiger partial charge in [0.2, 0.25) is 10.0 Å². The maximum Gasteiger partial charge on any atom is 0.243 e. The van der Waals surface area contributed by atoms with E-state index in [1.165, 1.54) is 18.3 Å². The van der Waals surface area contributed by atoms with Crippen molar-refractivity contribution in [3.05, 3.63) is 59.4 Å². The van der Waals surface area contributed by atoms with E-state index in [1.54, 1.807) is 6.07 Å². The van der Waals surface area contributed by atoms with Gasteiger partial charge in [0, 0.05) is 12.7 Å². The molecule has 0 atom stereocenters. The lowest BCUT2D eigenvalue weighted by molar-refractivity contribution is 0.580. The van der Waals surface area contributed by atoms with Gasteiger partial charge in [-0.05, 0) is 29.7 Å². The number of hydrogen-bond acceptors (Lipinski definition) is 4. The average Bonchev–Trinajstić information content (AvgIpc) is 2.53. The molecule has 108 valence electrons. The van der Waals surface area contributed by atoms with Crippen molar-refractivity contribution >= 4 is 10.0 Å². The maximum atomic E-state index is 12.3. The Hall–Kier alpha value is -2.23. The molecule has 0 saturated heterocycles. The van der Waals surface area contributed by atoms with Crippen LogP contribution in [0.1, 0.15) is 23.7 Å². The largest absolute Gasteiger partial charge is 0.244 e. The van der Waals surface area contributed by atoms with Gasteiger partial charge in [-0.2, -0.15) is 5.26 Å². The van der Waals surface area contributed by atoms with E-state index in [4.69, 9.17) is 5.26 Å². The molecular weight excluding hydrogens is 286 g/mol. The van der Waals surface area contributed by atoms with Crippen molar-refractivity contribution in [3.63, 3.8) is 0 Å². The fraction of sp³-hybridized carbons (Fsp3) is 0.200. The van der Waals surface area contributed by atoms with E-state index in [0.717, 1.165) is 17.5 Å². The first-order valence-corrected chi connectivity index (χ1v) is 7.98. The molecule has 2 aromatic rings. The summed E-state index contributed by atoms with van der Waals surface area (Å²) in [4.78, 5) is 3.68. The zero-order valence-corrected chi connectivity index (χ0v) is 12.4. The molecule has 0 spiro atoms. The molecule has 0 unspecified atom stereocenters. The van der Waals surface area contributed by atoms with Crippen LogP contribution >= 0.6 is 0 Å². The smallest absolute Gasteiger partial charge is 0.243 e. The minimum atomic E-state index is -3.76. The van der Waals surface area contributed by atoms with Crippen LogP contribution in [0.3, 0.4) is 0 Å². The SMILES string of the molecule is CCc1ccccc1CNS(=O)(=O)c1cccnc1C#N. The molecule has 6 heteroatoms. The molecule has 0 aliphatic carbocycles. The van der Waals surface area contributed by atoms with Gasteiger partial charge in [0.05, 0.1) is 0 Å². The maximum absolute atomic E-state index is 12.3. The van der Waals surface area contributed by atoms with E-state index in [0.29, 0.717) is 0 Å². The normalized spacial score (nSPS) is 11.0. The summed E-state index contributed by atoms with van der Waals surface area (Å²) in [5, 5.41) is 8.94. The molecule has 0 radical (unpaired) electrons. The highest BCUT2D eigenvalue weighted by Gasteiger charge is 2.19. The molecule has 0 bridgehead atoms. The summed E-state index contributed by atoms with van der Waals surface area (Å²) in [5.74, 6) is 0. The number of nitrogens with one attached hydrogen (secondary N) is 1. The van der Waals surface area contributed by atoms with Crippen molar-refractivity contribution in [3.8, 4) is 6.07 Å². The lowest BCUT2D eigenvalue weighted by atomic mass is 10.1. The fourth-order valence-electron chi connectivity index (χ4n) is 2.02. The standard InChI is InChI=1S/C15H15N3O2S/c1-2-12-6-3-4-7-13(12)11-18-21(19,20)15-8-5-9-17-14(15)10-16/h3-9,18H,2,11H2,1H3. The summed E-state index contributed by atoms with van der Waals surface area (Å²) in [7, 11) is -3.76. The molecule has 2 rings (SSSR count). The molecule has 0 aliphatic heterocycles. The molecule has 1 heterocycles. The Bertz CT molecular complexity index is 780. The van der Waals surface area contributed by atoms with Crippen molar-refractivity contribution in [1.29, 1.82) is 5.26 Å². The van der Waals surface area contributed by atoms with Gasteiger partial charge < -0.3 is 0 Å². The first kappa shape index (κ1) is 15.2. The highest BCUT2D eigenvalue weighted by molar-refractivity contribution is 7.89. The summed E-state index contributed by atoms with van der Waals surface area (Å²) in [6, 6.07) is 12.3. The number of hydrogen-bond donors (Lipinski definition) is 1. The second-order valence-electron chi connectivity index (χ2n) is 4.41. The van der Waals surface area contributed by atoms with Crippen molar-refractivity contribution in [2.75, 3.05) is 0 Å². The summed E-state index contributed by atoms with van der Waals surface area (Å²) in [6.07, 6.45) is 2.22. The number of aromatic nitrogens is 1. The molecule has 0 aliphatic rings.